The number of carboxylic acid groups (broad SMARTS) is 2. The Morgan fingerprint density at radius 3 is 2.02 bits per heavy atom. The molecule has 3 aliphatic heterocycles. The number of unbranched alkanes of at least 4 members (excludes halogenated alkanes) is 1. The number of nitrogens with two attached hydrogens (primary N) is 2. The van der Waals surface area contributed by atoms with Gasteiger partial charge in [-0.3, -0.25) is 33.7 Å². The Bertz CT molecular complexity index is 1770. The number of aliphatic carboxylic acids is 2. The Kier molecular flexibility index (Phi) is 15.3. The highest BCUT2D eigenvalue weighted by atomic mass is 16.4. The van der Waals surface area contributed by atoms with Crippen LogP contribution in [-0.4, -0.2) is 141 Å². The third kappa shape index (κ3) is 11.4. The van der Waals surface area contributed by atoms with Crippen molar-refractivity contribution in [1.82, 2.24) is 30.7 Å². The number of likely N-dealkylation sites (tertiary alicyclic amines) is 3. The summed E-state index contributed by atoms with van der Waals surface area (Å²) in [5, 5.41) is 26.4. The molecule has 5 rings (SSSR count). The van der Waals surface area contributed by atoms with Gasteiger partial charge in [-0.1, -0.05) is 60.7 Å². The summed E-state index contributed by atoms with van der Waals surface area (Å²) in [6.07, 6.45) is 2.36. The highest BCUT2D eigenvalue weighted by Gasteiger charge is 2.52. The Morgan fingerprint density at radius 1 is 0.810 bits per heavy atom. The van der Waals surface area contributed by atoms with Gasteiger partial charge in [0.25, 0.3) is 0 Å². The van der Waals surface area contributed by atoms with Gasteiger partial charge in [-0.15, -0.1) is 0 Å². The van der Waals surface area contributed by atoms with E-state index in [0.29, 0.717) is 45.3 Å². The van der Waals surface area contributed by atoms with Crippen LogP contribution >= 0.6 is 0 Å². The van der Waals surface area contributed by atoms with Crippen molar-refractivity contribution >= 4 is 41.5 Å². The molecule has 17 nitrogen and oxygen atoms in total. The fraction of sp³-hybridized carbons (Fsp3) is 0.537. The van der Waals surface area contributed by atoms with E-state index in [4.69, 9.17) is 16.6 Å². The van der Waals surface area contributed by atoms with Crippen molar-refractivity contribution in [3.63, 3.8) is 0 Å². The molecule has 3 saturated heterocycles. The van der Waals surface area contributed by atoms with Crippen molar-refractivity contribution < 1.29 is 43.8 Å². The van der Waals surface area contributed by atoms with E-state index in [1.807, 2.05) is 72.5 Å². The molecule has 2 aromatic rings. The third-order valence-electron chi connectivity index (χ3n) is 11.2. The van der Waals surface area contributed by atoms with E-state index >= 15 is 0 Å². The van der Waals surface area contributed by atoms with Crippen LogP contribution in [0.1, 0.15) is 63.0 Å². The van der Waals surface area contributed by atoms with Crippen molar-refractivity contribution in [3.8, 4) is 0 Å². The first-order valence-electron chi connectivity index (χ1n) is 20.0. The molecule has 2 bridgehead atoms. The van der Waals surface area contributed by atoms with Gasteiger partial charge in [0.05, 0.1) is 12.6 Å². The smallest absolute Gasteiger partial charge is 0.326 e. The first-order chi connectivity index (χ1) is 27.7. The molecule has 9 N–H and O–H groups in total. The van der Waals surface area contributed by atoms with Crippen LogP contribution in [0.4, 0.5) is 0 Å². The zero-order chi connectivity index (χ0) is 41.9. The number of carbonyl (C=O) groups excluding carboxylic acids is 5. The summed E-state index contributed by atoms with van der Waals surface area (Å²) in [7, 11) is 0. The normalized spacial score (nSPS) is 22.2. The third-order valence-corrected chi connectivity index (χ3v) is 11.2. The van der Waals surface area contributed by atoms with E-state index in [1.54, 1.807) is 9.80 Å². The van der Waals surface area contributed by atoms with Crippen LogP contribution in [0.5, 0.6) is 0 Å². The number of piperidine rings is 1. The number of nitrogens with zero attached hydrogens (tertiary/aromatic N) is 3. The Morgan fingerprint density at radius 2 is 1.43 bits per heavy atom. The lowest BCUT2D eigenvalue weighted by Gasteiger charge is -2.57. The van der Waals surface area contributed by atoms with E-state index in [9.17, 15) is 38.7 Å². The molecule has 0 aromatic heterocycles. The summed E-state index contributed by atoms with van der Waals surface area (Å²) >= 11 is 0. The number of rotatable bonds is 21. The highest BCUT2D eigenvalue weighted by Crippen LogP contribution is 2.35. The molecule has 17 heteroatoms. The number of carboxylic acids is 2. The molecule has 8 atom stereocenters. The summed E-state index contributed by atoms with van der Waals surface area (Å²) in [5.74, 6) is -4.69. The Labute approximate surface area is 337 Å². The van der Waals surface area contributed by atoms with E-state index in [1.165, 1.54) is 0 Å². The van der Waals surface area contributed by atoms with Gasteiger partial charge in [-0.2, -0.15) is 0 Å². The number of piperazine rings is 1. The first-order valence-corrected chi connectivity index (χ1v) is 20.0. The molecule has 0 aliphatic carbocycles. The molecule has 0 spiro atoms. The summed E-state index contributed by atoms with van der Waals surface area (Å²) in [4.78, 5) is 96.3. The molecular weight excluding hydrogens is 748 g/mol. The molecular formula is C41H56N8O9. The zero-order valence-corrected chi connectivity index (χ0v) is 32.8. The average Bonchev–Trinajstić information content (AvgIpc) is 3.46. The first kappa shape index (κ1) is 43.7. The topological polar surface area (TPSA) is 258 Å². The maximum Gasteiger partial charge on any atom is 0.326 e. The largest absolute Gasteiger partial charge is 0.481 e. The van der Waals surface area contributed by atoms with Crippen LogP contribution in [0.15, 0.2) is 60.7 Å². The van der Waals surface area contributed by atoms with Crippen molar-refractivity contribution in [2.45, 2.75) is 113 Å². The molecule has 8 unspecified atom stereocenters. The van der Waals surface area contributed by atoms with Gasteiger partial charge in [0.1, 0.15) is 24.2 Å². The lowest BCUT2D eigenvalue weighted by atomic mass is 9.85. The summed E-state index contributed by atoms with van der Waals surface area (Å²) in [6, 6.07) is 12.7. The Hall–Kier alpha value is -5.39. The van der Waals surface area contributed by atoms with Crippen LogP contribution in [0.2, 0.25) is 0 Å². The van der Waals surface area contributed by atoms with Gasteiger partial charge in [-0.25, -0.2) is 4.79 Å². The Balaban J connectivity index is 1.23. The second-order valence-corrected chi connectivity index (χ2v) is 15.6. The lowest BCUT2D eigenvalue weighted by Crippen LogP contribution is -2.73. The standard InChI is InChI=1S/C41H56N8O9/c1-25-18-33(46-38(54)32(20-27-12-6-3-7-13-27)45-37(53)30(43)19-26-10-4-2-5-11-26)39(55)48(25)34(14-8-9-17-42)40(56)49-28-21-29(49)23-47(22-28)24-35(50)44-31(41(57)58)15-16-36(51)52/h2-7,10-13,25,28-34H,8-9,14-24,42-43H2,1H3,(H,44,50)(H,45,53)(H,46,54)(H,51,52)(H,57,58). The number of amides is 5. The maximum atomic E-state index is 14.4. The van der Waals surface area contributed by atoms with Gasteiger partial charge in [0.15, 0.2) is 0 Å². The molecule has 0 saturated carbocycles. The van der Waals surface area contributed by atoms with E-state index in [0.717, 1.165) is 11.1 Å². The van der Waals surface area contributed by atoms with Crippen LogP contribution in [0.3, 0.4) is 0 Å². The monoisotopic (exact) mass is 804 g/mol. The van der Waals surface area contributed by atoms with Crippen LogP contribution in [0, 0.1) is 0 Å². The molecule has 5 amide bonds. The van der Waals surface area contributed by atoms with Crippen molar-refractivity contribution in [1.29, 1.82) is 0 Å². The minimum absolute atomic E-state index is 0.112. The van der Waals surface area contributed by atoms with Gasteiger partial charge in [-0.05, 0) is 69.5 Å². The number of carbonyl (C=O) groups is 7. The second kappa shape index (κ2) is 20.3. The average molecular weight is 805 g/mol. The minimum atomic E-state index is -1.33. The van der Waals surface area contributed by atoms with Crippen LogP contribution in [0.25, 0.3) is 0 Å². The number of fused-ring (bicyclic) bond motifs is 2. The van der Waals surface area contributed by atoms with E-state index in [-0.39, 0.29) is 50.2 Å². The van der Waals surface area contributed by atoms with Crippen molar-refractivity contribution in [2.75, 3.05) is 26.2 Å². The molecule has 0 radical (unpaired) electrons. The number of benzene rings is 2. The van der Waals surface area contributed by atoms with Crippen LogP contribution in [-0.2, 0) is 46.4 Å². The van der Waals surface area contributed by atoms with Gasteiger partial charge < -0.3 is 47.4 Å². The molecule has 3 aliphatic rings. The zero-order valence-electron chi connectivity index (χ0n) is 32.8. The number of hydrogen-bond donors (Lipinski definition) is 7. The summed E-state index contributed by atoms with van der Waals surface area (Å²) in [5.41, 5.74) is 13.7. The predicted octanol–water partition coefficient (Wildman–Crippen LogP) is -0.394. The van der Waals surface area contributed by atoms with E-state index in [2.05, 4.69) is 16.0 Å². The van der Waals surface area contributed by atoms with Crippen molar-refractivity contribution in [2.24, 2.45) is 11.5 Å². The lowest BCUT2D eigenvalue weighted by molar-refractivity contribution is -0.164. The van der Waals surface area contributed by atoms with Gasteiger partial charge in [0, 0.05) is 44.1 Å². The quantitative estimate of drug-likeness (QED) is 0.0797. The summed E-state index contributed by atoms with van der Waals surface area (Å²) < 4.78 is 0. The summed E-state index contributed by atoms with van der Waals surface area (Å²) in [6.45, 7) is 2.88. The molecule has 3 heterocycles. The second-order valence-electron chi connectivity index (χ2n) is 15.6. The van der Waals surface area contributed by atoms with E-state index < -0.39 is 78.2 Å². The molecule has 314 valence electrons. The molecule has 2 aromatic carbocycles. The maximum absolute atomic E-state index is 14.4. The highest BCUT2D eigenvalue weighted by molar-refractivity contribution is 5.96. The minimum Gasteiger partial charge on any atom is -0.481 e. The van der Waals surface area contributed by atoms with Crippen molar-refractivity contribution in [3.05, 3.63) is 71.8 Å². The molecule has 3 fully saturated rings. The number of nitrogens with one attached hydrogen (secondary N) is 3. The fourth-order valence-electron chi connectivity index (χ4n) is 8.29. The fourth-order valence-corrected chi connectivity index (χ4v) is 8.29. The predicted molar refractivity (Wildman–Crippen MR) is 212 cm³/mol. The van der Waals surface area contributed by atoms with Crippen LogP contribution < -0.4 is 27.4 Å². The van der Waals surface area contributed by atoms with Gasteiger partial charge >= 0.3 is 11.9 Å². The molecule has 58 heavy (non-hydrogen) atoms. The van der Waals surface area contributed by atoms with Gasteiger partial charge in [0.2, 0.25) is 29.5 Å². The number of hydrogen-bond acceptors (Lipinski definition) is 10. The SMILES string of the molecule is CC1CC(NC(=O)C(Cc2ccccc2)NC(=O)C(N)Cc2ccccc2)C(=O)N1C(CCCCN)C(=O)N1C2CC1CN(CC(=O)NC(CCC(=O)O)C(=O)O)C2.